The van der Waals surface area contributed by atoms with Gasteiger partial charge in [-0.05, 0) is 220 Å². The van der Waals surface area contributed by atoms with Crippen LogP contribution < -0.4 is 0 Å². The van der Waals surface area contributed by atoms with Gasteiger partial charge in [-0.3, -0.25) is 24.1 Å². The van der Waals surface area contributed by atoms with E-state index in [4.69, 9.17) is 28.6 Å². The van der Waals surface area contributed by atoms with Crippen LogP contribution in [0.2, 0.25) is 0 Å². The van der Waals surface area contributed by atoms with E-state index in [9.17, 15) is 27.6 Å². The second-order valence-electron chi connectivity index (χ2n) is 30.3. The minimum atomic E-state index is -1.64. The molecule has 0 bridgehead atoms. The van der Waals surface area contributed by atoms with E-state index in [-0.39, 0.29) is 71.1 Å². The molecule has 0 aliphatic carbocycles. The van der Waals surface area contributed by atoms with Crippen LogP contribution in [-0.4, -0.2) is 122 Å². The molecule has 6 unspecified atom stereocenters. The number of halogens is 10. The summed E-state index contributed by atoms with van der Waals surface area (Å²) in [6, 6.07) is 19.8. The average Bonchev–Trinajstić information content (AvgIpc) is 1.64. The van der Waals surface area contributed by atoms with E-state index in [2.05, 4.69) is 26.1 Å². The number of hydrogen-bond acceptors (Lipinski definition) is 11. The lowest BCUT2D eigenvalue weighted by atomic mass is 9.87. The number of nitrogens with zero attached hydrogens (tertiary/aromatic N) is 7. The largest absolute Gasteiger partial charge is 0.478 e. The zero-order chi connectivity index (χ0) is 80.2. The smallest absolute Gasteiger partial charge is 0.328 e. The zero-order valence-corrected chi connectivity index (χ0v) is 64.3. The van der Waals surface area contributed by atoms with Gasteiger partial charge in [-0.1, -0.05) is 28.1 Å². The van der Waals surface area contributed by atoms with Crippen molar-refractivity contribution in [2.24, 2.45) is 0 Å². The van der Waals surface area contributed by atoms with Crippen molar-refractivity contribution in [2.75, 3.05) is 19.6 Å². The van der Waals surface area contributed by atoms with E-state index in [1.165, 1.54) is 41.5 Å². The molecule has 8 heterocycles. The number of carboxylic acids is 3. The van der Waals surface area contributed by atoms with Crippen molar-refractivity contribution in [3.8, 4) is 22.3 Å². The number of fused-ring (bicyclic) bond motifs is 9. The summed E-state index contributed by atoms with van der Waals surface area (Å²) < 4.78 is 161. The predicted octanol–water partition coefficient (Wildman–Crippen LogP) is 20.2. The number of alkyl halides is 3. The first-order valence-electron chi connectivity index (χ1n) is 36.3. The Hall–Kier alpha value is -10.3. The highest BCUT2D eigenvalue weighted by Gasteiger charge is 2.46. The Morgan fingerprint density at radius 1 is 0.450 bits per heavy atom. The molecule has 3 N–H and O–H groups in total. The molecular weight excluding hydrogens is 1510 g/mol. The lowest BCUT2D eigenvalue weighted by molar-refractivity contribution is -0.132. The molecule has 0 saturated heterocycles. The van der Waals surface area contributed by atoms with Crippen LogP contribution in [0, 0.1) is 34.9 Å². The van der Waals surface area contributed by atoms with Gasteiger partial charge in [0.2, 0.25) is 0 Å². The summed E-state index contributed by atoms with van der Waals surface area (Å²) in [5.74, 6) is -7.70. The summed E-state index contributed by atoms with van der Waals surface area (Å²) in [7, 11) is 0. The molecule has 16 nitrogen and oxygen atoms in total. The first kappa shape index (κ1) is 80.2. The molecule has 26 heteroatoms. The van der Waals surface area contributed by atoms with E-state index in [1.54, 1.807) is 33.2 Å². The predicted molar refractivity (Wildman–Crippen MR) is 410 cm³/mol. The Bertz CT molecular complexity index is 5180. The highest BCUT2D eigenvalue weighted by Crippen LogP contribution is 2.50. The number of hydrogen-bond donors (Lipinski definition) is 3. The van der Waals surface area contributed by atoms with Gasteiger partial charge in [0, 0.05) is 147 Å². The van der Waals surface area contributed by atoms with E-state index in [0.29, 0.717) is 53.3 Å². The minimum absolute atomic E-state index is 0.0570. The highest BCUT2D eigenvalue weighted by atomic mass is 79.9. The van der Waals surface area contributed by atoms with Gasteiger partial charge in [0.15, 0.2) is 0 Å². The van der Waals surface area contributed by atoms with Crippen LogP contribution >= 0.6 is 15.9 Å². The molecule has 6 aromatic carbocycles. The van der Waals surface area contributed by atoms with Crippen molar-refractivity contribution < 1.29 is 82.5 Å². The number of rotatable bonds is 19. The molecule has 582 valence electrons. The van der Waals surface area contributed by atoms with Gasteiger partial charge in [0.1, 0.15) is 104 Å². The van der Waals surface area contributed by atoms with Crippen LogP contribution in [-0.2, 0) is 46.7 Å². The van der Waals surface area contributed by atoms with Crippen molar-refractivity contribution in [1.29, 1.82) is 0 Å². The Kier molecular flexibility index (Phi) is 23.0. The van der Waals surface area contributed by atoms with E-state index < -0.39 is 87.9 Å². The maximum absolute atomic E-state index is 15.6. The van der Waals surface area contributed by atoms with Crippen molar-refractivity contribution in [3.63, 3.8) is 0 Å². The van der Waals surface area contributed by atoms with Crippen LogP contribution in [0.15, 0.2) is 152 Å². The van der Waals surface area contributed by atoms with Gasteiger partial charge in [-0.25, -0.2) is 53.9 Å². The average molecular weight is 1600 g/mol. The number of furan rings is 3. The first-order valence-corrected chi connectivity index (χ1v) is 37.0. The summed E-state index contributed by atoms with van der Waals surface area (Å²) in [5.41, 5.74) is 2.54. The molecule has 6 atom stereocenters. The minimum Gasteiger partial charge on any atom is -0.478 e. The van der Waals surface area contributed by atoms with Gasteiger partial charge in [-0.15, -0.1) is 0 Å². The molecule has 111 heavy (non-hydrogen) atoms. The molecule has 3 aliphatic heterocycles. The number of benzene rings is 6. The lowest BCUT2D eigenvalue weighted by Crippen LogP contribution is -2.48. The number of aliphatic carboxylic acids is 3. The van der Waals surface area contributed by atoms with Gasteiger partial charge in [-0.2, -0.15) is 10.2 Å². The second-order valence-corrected chi connectivity index (χ2v) is 31.2. The Balaban J connectivity index is 0.000000155. The standard InChI is InChI=1S/2C30H30F3N3O3.C25H23BrF3NO3/c2*1-5-35-15-20(14-34-35)19-7-8-25-21(13-19)22-10-17(2)36(16-30(3,4)33)28(29(22)39-25)27-23(31)11-18(12-24(27)32)6-9-26(37)38;1-13-8-17-16-11-15(26)5-6-20(16)33-24(17)23(30(13)12-25(2,3)29)22-18(27)9-14(10-19(22)28)4-7-21(31)32/h2*6-9,11-15,17,28H,5,10,16H2,1-4H3,(H,37,38);4-7,9-11,13,23H,8,12H2,1-3H3,(H,31,32)/b2*9-6+;7-4+. The van der Waals surface area contributed by atoms with Crippen LogP contribution in [0.1, 0.15) is 162 Å². The zero-order valence-electron chi connectivity index (χ0n) is 62.8. The molecule has 3 aliphatic rings. The summed E-state index contributed by atoms with van der Waals surface area (Å²) in [6.07, 6.45) is 14.8. The van der Waals surface area contributed by atoms with Crippen molar-refractivity contribution in [3.05, 3.63) is 241 Å². The summed E-state index contributed by atoms with van der Waals surface area (Å²) in [6.45, 7) is 19.6. The SMILES string of the molecule is CC1Cc2c(oc3ccc(Br)cc23)C(c2c(F)cc(/C=C/C(=O)O)cc2F)N1CC(C)(C)F.CCn1cc(-c2ccc3oc4c(c3c2)CC(C)N(CC(C)(C)F)C4c2c(F)cc(/C=C/C(=O)O)cc2F)cn1.CCn1cc(-c2ccc3oc4c(c3c2)CC(C)N(CC(C)(C)F)C4c2c(F)cc(/C=C/C(=O)O)cc2F)cn1. The highest BCUT2D eigenvalue weighted by molar-refractivity contribution is 9.10. The Morgan fingerprint density at radius 3 is 0.991 bits per heavy atom. The Morgan fingerprint density at radius 2 is 0.730 bits per heavy atom. The molecule has 0 amide bonds. The summed E-state index contributed by atoms with van der Waals surface area (Å²) >= 11 is 3.46. The van der Waals surface area contributed by atoms with Crippen LogP contribution in [0.25, 0.3) is 73.4 Å². The molecule has 0 radical (unpaired) electrons. The molecule has 0 spiro atoms. The quantitative estimate of drug-likeness (QED) is 0.0511. The Labute approximate surface area is 642 Å². The molecule has 11 aromatic rings. The van der Waals surface area contributed by atoms with Gasteiger partial charge < -0.3 is 28.6 Å². The summed E-state index contributed by atoms with van der Waals surface area (Å²) in [4.78, 5) is 37.8. The fourth-order valence-corrected chi connectivity index (χ4v) is 15.6. The van der Waals surface area contributed by atoms with Gasteiger partial charge >= 0.3 is 17.9 Å². The molecule has 0 saturated carbocycles. The third-order valence-electron chi connectivity index (χ3n) is 20.0. The fourth-order valence-electron chi connectivity index (χ4n) is 15.3. The van der Waals surface area contributed by atoms with Gasteiger partial charge in [0.25, 0.3) is 0 Å². The molecule has 5 aromatic heterocycles. The molecule has 0 fully saturated rings. The maximum Gasteiger partial charge on any atom is 0.328 e. The third kappa shape index (κ3) is 17.6. The van der Waals surface area contributed by atoms with E-state index in [1.807, 2.05) is 105 Å². The normalized spacial score (nSPS) is 18.6. The topological polar surface area (TPSA) is 197 Å². The molecule has 14 rings (SSSR count). The third-order valence-corrected chi connectivity index (χ3v) is 20.5. The van der Waals surface area contributed by atoms with Crippen molar-refractivity contribution >= 4 is 85.0 Å². The molecular formula is C85H83BrF9N7O9. The van der Waals surface area contributed by atoms with Crippen LogP contribution in [0.5, 0.6) is 0 Å². The number of aromatic nitrogens is 4. The first-order chi connectivity index (χ1) is 52.3. The maximum atomic E-state index is 15.6. The van der Waals surface area contributed by atoms with Crippen molar-refractivity contribution in [2.45, 2.75) is 162 Å². The number of aryl methyl sites for hydroxylation is 2. The van der Waals surface area contributed by atoms with E-state index >= 15 is 26.3 Å². The van der Waals surface area contributed by atoms with Crippen LogP contribution in [0.3, 0.4) is 0 Å². The number of carboxylic acid groups (broad SMARTS) is 3. The summed E-state index contributed by atoms with van der Waals surface area (Å²) in [5, 5.41) is 37.8. The van der Waals surface area contributed by atoms with Crippen molar-refractivity contribution in [1.82, 2.24) is 34.3 Å². The van der Waals surface area contributed by atoms with E-state index in [0.717, 1.165) is 146 Å². The van der Waals surface area contributed by atoms with Crippen LogP contribution in [0.4, 0.5) is 39.5 Å². The fraction of sp³-hybridized carbons (Fsp3) is 0.329. The lowest BCUT2D eigenvalue weighted by Gasteiger charge is -2.42. The second kappa shape index (κ2) is 31.8. The number of carbonyl (C=O) groups is 3. The van der Waals surface area contributed by atoms with Gasteiger partial charge in [0.05, 0.1) is 12.4 Å². The monoisotopic (exact) mass is 1600 g/mol.